The van der Waals surface area contributed by atoms with Crippen molar-refractivity contribution >= 4 is 12.6 Å². The second kappa shape index (κ2) is 11.7. The molecule has 1 aromatic rings. The number of thiol groups is 1. The molecule has 4 N–H and O–H groups in total. The number of benzene rings is 1. The standard InChI is InChI=1S/C14H20FNO.C5H13NS/c1-9(2)14(16)11-5-6-12(15)13(7-11)17-8-10-3-4-10;6-4-2-1-3-5-7/h5-7,9-10,14H,3-4,8,16H2,1-2H3;7H,1-6H2. The number of unbranched alkanes of at least 4 members (excludes halogenated alkanes) is 2. The Morgan fingerprint density at radius 2 is 1.96 bits per heavy atom. The van der Waals surface area contributed by atoms with E-state index in [1.807, 2.05) is 0 Å². The van der Waals surface area contributed by atoms with Crippen molar-refractivity contribution in [3.8, 4) is 5.75 Å². The minimum atomic E-state index is -0.301. The van der Waals surface area contributed by atoms with E-state index in [4.69, 9.17) is 16.2 Å². The van der Waals surface area contributed by atoms with E-state index < -0.39 is 0 Å². The topological polar surface area (TPSA) is 61.3 Å². The van der Waals surface area contributed by atoms with Crippen molar-refractivity contribution in [1.82, 2.24) is 0 Å². The molecule has 0 bridgehead atoms. The van der Waals surface area contributed by atoms with Crippen molar-refractivity contribution in [2.45, 2.75) is 52.0 Å². The Balaban J connectivity index is 0.000000351. The number of ether oxygens (including phenoxy) is 1. The van der Waals surface area contributed by atoms with Gasteiger partial charge in [0.15, 0.2) is 11.6 Å². The highest BCUT2D eigenvalue weighted by Gasteiger charge is 2.22. The highest BCUT2D eigenvalue weighted by Crippen LogP contribution is 2.31. The molecule has 1 aromatic carbocycles. The molecule has 0 aliphatic heterocycles. The van der Waals surface area contributed by atoms with Crippen molar-refractivity contribution in [2.24, 2.45) is 23.3 Å². The van der Waals surface area contributed by atoms with Gasteiger partial charge in [-0.1, -0.05) is 26.3 Å². The van der Waals surface area contributed by atoms with Crippen molar-refractivity contribution in [1.29, 1.82) is 0 Å². The number of hydrogen-bond acceptors (Lipinski definition) is 4. The summed E-state index contributed by atoms with van der Waals surface area (Å²) in [5.41, 5.74) is 12.2. The maximum absolute atomic E-state index is 13.5. The van der Waals surface area contributed by atoms with Gasteiger partial charge in [-0.15, -0.1) is 0 Å². The molecule has 5 heteroatoms. The third-order valence-electron chi connectivity index (χ3n) is 4.09. The number of nitrogens with two attached hydrogens (primary N) is 2. The van der Waals surface area contributed by atoms with E-state index in [9.17, 15) is 4.39 Å². The van der Waals surface area contributed by atoms with E-state index in [0.29, 0.717) is 24.2 Å². The fourth-order valence-corrected chi connectivity index (χ4v) is 2.37. The molecule has 1 unspecified atom stereocenters. The third kappa shape index (κ3) is 8.36. The molecule has 0 saturated heterocycles. The maximum atomic E-state index is 13.5. The first-order valence-corrected chi connectivity index (χ1v) is 9.61. The van der Waals surface area contributed by atoms with Gasteiger partial charge in [0.2, 0.25) is 0 Å². The smallest absolute Gasteiger partial charge is 0.165 e. The second-order valence-corrected chi connectivity index (χ2v) is 7.23. The van der Waals surface area contributed by atoms with E-state index in [0.717, 1.165) is 24.3 Å². The van der Waals surface area contributed by atoms with Crippen LogP contribution in [0.2, 0.25) is 0 Å². The lowest BCUT2D eigenvalue weighted by Gasteiger charge is -2.17. The Hall–Kier alpha value is -0.780. The van der Waals surface area contributed by atoms with E-state index in [-0.39, 0.29) is 11.9 Å². The Labute approximate surface area is 151 Å². The lowest BCUT2D eigenvalue weighted by molar-refractivity contribution is 0.284. The van der Waals surface area contributed by atoms with Crippen LogP contribution in [0.1, 0.15) is 57.6 Å². The van der Waals surface area contributed by atoms with Crippen LogP contribution in [0.15, 0.2) is 18.2 Å². The summed E-state index contributed by atoms with van der Waals surface area (Å²) in [5.74, 6) is 1.99. The summed E-state index contributed by atoms with van der Waals surface area (Å²) in [5, 5.41) is 0. The number of halogens is 1. The predicted molar refractivity (Wildman–Crippen MR) is 103 cm³/mol. The van der Waals surface area contributed by atoms with Gasteiger partial charge in [0, 0.05) is 6.04 Å². The van der Waals surface area contributed by atoms with Crippen molar-refractivity contribution in [2.75, 3.05) is 18.9 Å². The van der Waals surface area contributed by atoms with Gasteiger partial charge in [-0.05, 0) is 67.5 Å². The molecule has 0 amide bonds. The van der Waals surface area contributed by atoms with Crippen molar-refractivity contribution < 1.29 is 9.13 Å². The molecule has 24 heavy (non-hydrogen) atoms. The molecule has 3 nitrogen and oxygen atoms in total. The lowest BCUT2D eigenvalue weighted by Crippen LogP contribution is -2.17. The molecule has 1 fully saturated rings. The fraction of sp³-hybridized carbons (Fsp3) is 0.684. The molecular weight excluding hydrogens is 323 g/mol. The first-order chi connectivity index (χ1) is 11.5. The van der Waals surface area contributed by atoms with Gasteiger partial charge in [0.05, 0.1) is 6.61 Å². The Kier molecular flexibility index (Phi) is 10.4. The molecule has 0 spiro atoms. The Morgan fingerprint density at radius 3 is 2.50 bits per heavy atom. The van der Waals surface area contributed by atoms with Crippen molar-refractivity contribution in [3.05, 3.63) is 29.6 Å². The normalized spacial score (nSPS) is 15.0. The van der Waals surface area contributed by atoms with E-state index in [2.05, 4.69) is 26.5 Å². The molecule has 1 aliphatic carbocycles. The number of rotatable bonds is 9. The highest BCUT2D eigenvalue weighted by molar-refractivity contribution is 7.80. The molecule has 0 heterocycles. The van der Waals surface area contributed by atoms with Gasteiger partial charge < -0.3 is 16.2 Å². The molecule has 0 radical (unpaired) electrons. The van der Waals surface area contributed by atoms with E-state index >= 15 is 0 Å². The molecule has 2 rings (SSSR count). The average molecular weight is 357 g/mol. The van der Waals surface area contributed by atoms with Gasteiger partial charge in [-0.3, -0.25) is 0 Å². The highest BCUT2D eigenvalue weighted by atomic mass is 32.1. The third-order valence-corrected chi connectivity index (χ3v) is 4.41. The summed E-state index contributed by atoms with van der Waals surface area (Å²) in [7, 11) is 0. The SMILES string of the molecule is CC(C)C(N)c1ccc(F)c(OCC2CC2)c1.NCCCCCS. The van der Waals surface area contributed by atoms with Crippen LogP contribution in [-0.2, 0) is 0 Å². The first-order valence-electron chi connectivity index (χ1n) is 8.98. The zero-order chi connectivity index (χ0) is 17.9. The summed E-state index contributed by atoms with van der Waals surface area (Å²) in [4.78, 5) is 0. The quantitative estimate of drug-likeness (QED) is 0.456. The number of hydrogen-bond donors (Lipinski definition) is 3. The molecule has 1 atom stereocenters. The van der Waals surface area contributed by atoms with Crippen LogP contribution in [0.5, 0.6) is 5.75 Å². The van der Waals surface area contributed by atoms with Gasteiger partial charge >= 0.3 is 0 Å². The minimum Gasteiger partial charge on any atom is -0.490 e. The van der Waals surface area contributed by atoms with Crippen LogP contribution in [0, 0.1) is 17.7 Å². The van der Waals surface area contributed by atoms with Gasteiger partial charge in [-0.2, -0.15) is 12.6 Å². The minimum absolute atomic E-state index is 0.0705. The van der Waals surface area contributed by atoms with Crippen LogP contribution >= 0.6 is 12.6 Å². The Morgan fingerprint density at radius 1 is 1.25 bits per heavy atom. The van der Waals surface area contributed by atoms with Gasteiger partial charge in [-0.25, -0.2) is 4.39 Å². The largest absolute Gasteiger partial charge is 0.490 e. The predicted octanol–water partition coefficient (Wildman–Crippen LogP) is 4.32. The van der Waals surface area contributed by atoms with Crippen LogP contribution < -0.4 is 16.2 Å². The summed E-state index contributed by atoms with van der Waals surface area (Å²) in [6.45, 7) is 5.56. The summed E-state index contributed by atoms with van der Waals surface area (Å²) < 4.78 is 19.0. The zero-order valence-corrected chi connectivity index (χ0v) is 15.9. The summed E-state index contributed by atoms with van der Waals surface area (Å²) >= 11 is 4.05. The van der Waals surface area contributed by atoms with Crippen LogP contribution in [0.3, 0.4) is 0 Å². The van der Waals surface area contributed by atoms with Crippen LogP contribution in [0.4, 0.5) is 4.39 Å². The van der Waals surface area contributed by atoms with Gasteiger partial charge in [0.25, 0.3) is 0 Å². The van der Waals surface area contributed by atoms with Gasteiger partial charge in [0.1, 0.15) is 0 Å². The lowest BCUT2D eigenvalue weighted by atomic mass is 9.97. The molecule has 0 aromatic heterocycles. The monoisotopic (exact) mass is 356 g/mol. The van der Waals surface area contributed by atoms with E-state index in [1.54, 1.807) is 12.1 Å². The zero-order valence-electron chi connectivity index (χ0n) is 15.0. The molecule has 1 aliphatic rings. The van der Waals surface area contributed by atoms with Crippen molar-refractivity contribution in [3.63, 3.8) is 0 Å². The van der Waals surface area contributed by atoms with Crippen LogP contribution in [-0.4, -0.2) is 18.9 Å². The second-order valence-electron chi connectivity index (χ2n) is 6.79. The summed E-state index contributed by atoms with van der Waals surface area (Å²) in [6, 6.07) is 4.85. The summed E-state index contributed by atoms with van der Waals surface area (Å²) in [6.07, 6.45) is 6.00. The average Bonchev–Trinajstić information content (AvgIpc) is 3.39. The molecular formula is C19H33FN2OS. The molecule has 1 saturated carbocycles. The fourth-order valence-electron chi connectivity index (χ4n) is 2.15. The Bertz CT molecular complexity index is 463. The molecule has 138 valence electrons. The first kappa shape index (κ1) is 21.3. The maximum Gasteiger partial charge on any atom is 0.165 e. The van der Waals surface area contributed by atoms with Crippen LogP contribution in [0.25, 0.3) is 0 Å². The van der Waals surface area contributed by atoms with E-state index in [1.165, 1.54) is 31.7 Å².